The van der Waals surface area contributed by atoms with Crippen molar-refractivity contribution in [2.24, 2.45) is 0 Å². The maximum absolute atomic E-state index is 5.44. The van der Waals surface area contributed by atoms with Crippen LogP contribution in [-0.2, 0) is 0 Å². The van der Waals surface area contributed by atoms with Crippen LogP contribution in [0.1, 0.15) is 0 Å². The van der Waals surface area contributed by atoms with E-state index in [1.165, 1.54) is 52.5 Å². The van der Waals surface area contributed by atoms with Gasteiger partial charge >= 0.3 is 0 Å². The SMILES string of the molecule is c1ccc2cc3c(cc2c1)c1c2ccccc2ccc1n3-c1cnc2c(n1)c1ccccc1n2-c1ccc2sc3ccccc3c2c1. The number of hydrogen-bond acceptors (Lipinski definition) is 3. The monoisotopic (exact) mass is 616 g/mol. The van der Waals surface area contributed by atoms with E-state index in [2.05, 4.69) is 149 Å². The average molecular weight is 617 g/mol. The van der Waals surface area contributed by atoms with E-state index in [9.17, 15) is 0 Å². The summed E-state index contributed by atoms with van der Waals surface area (Å²) in [6, 6.07) is 50.3. The zero-order valence-corrected chi connectivity index (χ0v) is 25.9. The van der Waals surface area contributed by atoms with E-state index in [0.29, 0.717) is 0 Å². The van der Waals surface area contributed by atoms with Gasteiger partial charge in [-0.1, -0.05) is 91.0 Å². The maximum atomic E-state index is 5.44. The molecule has 0 aliphatic carbocycles. The summed E-state index contributed by atoms with van der Waals surface area (Å²) in [6.45, 7) is 0. The van der Waals surface area contributed by atoms with E-state index < -0.39 is 0 Å². The zero-order valence-electron chi connectivity index (χ0n) is 25.1. The predicted octanol–water partition coefficient (Wildman–Crippen LogP) is 11.3. The van der Waals surface area contributed by atoms with Crippen molar-refractivity contribution >= 4 is 96.9 Å². The Labute approximate surface area is 272 Å². The van der Waals surface area contributed by atoms with Gasteiger partial charge in [-0.3, -0.25) is 9.13 Å². The van der Waals surface area contributed by atoms with E-state index in [4.69, 9.17) is 9.97 Å². The second kappa shape index (κ2) is 9.25. The van der Waals surface area contributed by atoms with Crippen LogP contribution in [0.4, 0.5) is 0 Å². The third-order valence-electron chi connectivity index (χ3n) is 9.72. The van der Waals surface area contributed by atoms with Crippen molar-refractivity contribution in [1.29, 1.82) is 0 Å². The summed E-state index contributed by atoms with van der Waals surface area (Å²) in [5.41, 5.74) is 6.18. The van der Waals surface area contributed by atoms with Crippen molar-refractivity contribution in [2.45, 2.75) is 0 Å². The molecule has 0 aliphatic heterocycles. The Kier molecular flexibility index (Phi) is 4.96. The van der Waals surface area contributed by atoms with Crippen molar-refractivity contribution in [3.05, 3.63) is 146 Å². The Morgan fingerprint density at radius 2 is 1.19 bits per heavy atom. The standard InChI is InChI=1S/C42H24N4S/c1-2-11-27-22-36-33(21-26(27)10-1)40-29-12-4-3-9-25(29)17-19-35(40)46(36)39-24-43-42-41(44-39)31-14-5-7-15-34(31)45(42)28-18-20-38-32(23-28)30-13-6-8-16-37(30)47-38/h1-24H. The quantitative estimate of drug-likeness (QED) is 0.194. The topological polar surface area (TPSA) is 35.6 Å². The number of para-hydroxylation sites is 1. The molecule has 4 nitrogen and oxygen atoms in total. The first-order valence-corrected chi connectivity index (χ1v) is 16.6. The fourth-order valence-electron chi connectivity index (χ4n) is 7.64. The highest BCUT2D eigenvalue weighted by Crippen LogP contribution is 2.40. The molecule has 5 heteroatoms. The maximum Gasteiger partial charge on any atom is 0.164 e. The molecular weight excluding hydrogens is 593 g/mol. The highest BCUT2D eigenvalue weighted by molar-refractivity contribution is 7.25. The van der Waals surface area contributed by atoms with Crippen molar-refractivity contribution in [3.8, 4) is 11.5 Å². The lowest BCUT2D eigenvalue weighted by Crippen LogP contribution is -2.01. The van der Waals surface area contributed by atoms with Gasteiger partial charge in [-0.05, 0) is 70.1 Å². The molecule has 0 saturated carbocycles. The summed E-state index contributed by atoms with van der Waals surface area (Å²) in [4.78, 5) is 10.6. The number of fused-ring (bicyclic) bond motifs is 12. The summed E-state index contributed by atoms with van der Waals surface area (Å²) in [5.74, 6) is 0.810. The normalized spacial score (nSPS) is 12.3. The molecule has 0 aliphatic rings. The van der Waals surface area contributed by atoms with Crippen LogP contribution in [0.2, 0.25) is 0 Å². The van der Waals surface area contributed by atoms with E-state index in [-0.39, 0.29) is 0 Å². The summed E-state index contributed by atoms with van der Waals surface area (Å²) in [7, 11) is 0. The van der Waals surface area contributed by atoms with Crippen molar-refractivity contribution in [2.75, 3.05) is 0 Å². The molecule has 4 heterocycles. The molecule has 0 spiro atoms. The molecule has 11 rings (SSSR count). The van der Waals surface area contributed by atoms with Gasteiger partial charge in [0.2, 0.25) is 0 Å². The minimum atomic E-state index is 0.810. The smallest absolute Gasteiger partial charge is 0.164 e. The minimum absolute atomic E-state index is 0.810. The summed E-state index contributed by atoms with van der Waals surface area (Å²) >= 11 is 1.84. The Morgan fingerprint density at radius 1 is 0.468 bits per heavy atom. The molecule has 11 aromatic rings. The lowest BCUT2D eigenvalue weighted by Gasteiger charge is -2.09. The molecule has 0 fully saturated rings. The molecule has 7 aromatic carbocycles. The van der Waals surface area contributed by atoms with Gasteiger partial charge in [-0.25, -0.2) is 9.97 Å². The van der Waals surface area contributed by atoms with E-state index in [0.717, 1.165) is 44.6 Å². The zero-order chi connectivity index (χ0) is 30.6. The van der Waals surface area contributed by atoms with Crippen LogP contribution in [-0.4, -0.2) is 19.1 Å². The summed E-state index contributed by atoms with van der Waals surface area (Å²) in [5, 5.41) is 11.0. The van der Waals surface area contributed by atoms with Gasteiger partial charge in [0.05, 0.1) is 22.7 Å². The Balaban J connectivity index is 1.22. The molecular formula is C42H24N4S. The lowest BCUT2D eigenvalue weighted by atomic mass is 10.0. The third kappa shape index (κ3) is 3.46. The molecule has 0 atom stereocenters. The van der Waals surface area contributed by atoms with Crippen LogP contribution in [0.3, 0.4) is 0 Å². The number of rotatable bonds is 2. The largest absolute Gasteiger partial charge is 0.293 e. The predicted molar refractivity (Wildman–Crippen MR) is 199 cm³/mol. The van der Waals surface area contributed by atoms with Gasteiger partial charge in [0.15, 0.2) is 11.5 Å². The first kappa shape index (κ1) is 25.2. The first-order chi connectivity index (χ1) is 23.3. The van der Waals surface area contributed by atoms with E-state index in [1.54, 1.807) is 0 Å². The molecule has 4 aromatic heterocycles. The Morgan fingerprint density at radius 3 is 2.09 bits per heavy atom. The van der Waals surface area contributed by atoms with Crippen molar-refractivity contribution in [3.63, 3.8) is 0 Å². The van der Waals surface area contributed by atoms with Crippen LogP contribution in [0.5, 0.6) is 0 Å². The molecule has 47 heavy (non-hydrogen) atoms. The van der Waals surface area contributed by atoms with Gasteiger partial charge in [-0.2, -0.15) is 0 Å². The average Bonchev–Trinajstić information content (AvgIpc) is 3.77. The molecule has 0 bridgehead atoms. The van der Waals surface area contributed by atoms with Gasteiger partial charge in [-0.15, -0.1) is 11.3 Å². The fraction of sp³-hybridized carbons (Fsp3) is 0. The van der Waals surface area contributed by atoms with Crippen LogP contribution < -0.4 is 0 Å². The lowest BCUT2D eigenvalue weighted by molar-refractivity contribution is 1.06. The molecule has 0 N–H and O–H groups in total. The molecule has 0 radical (unpaired) electrons. The van der Waals surface area contributed by atoms with Crippen molar-refractivity contribution in [1.82, 2.24) is 19.1 Å². The summed E-state index contributed by atoms with van der Waals surface area (Å²) < 4.78 is 7.15. The Bertz CT molecular complexity index is 3090. The van der Waals surface area contributed by atoms with Crippen LogP contribution in [0, 0.1) is 0 Å². The van der Waals surface area contributed by atoms with Crippen LogP contribution in [0.15, 0.2) is 146 Å². The number of benzene rings is 7. The number of thiophene rings is 1. The third-order valence-corrected chi connectivity index (χ3v) is 10.9. The second-order valence-corrected chi connectivity index (χ2v) is 13.3. The first-order valence-electron chi connectivity index (χ1n) is 15.8. The second-order valence-electron chi connectivity index (χ2n) is 12.3. The fourth-order valence-corrected chi connectivity index (χ4v) is 8.73. The molecule has 0 saturated heterocycles. The molecule has 0 unspecified atom stereocenters. The highest BCUT2D eigenvalue weighted by atomic mass is 32.1. The van der Waals surface area contributed by atoms with Crippen LogP contribution in [0.25, 0.3) is 97.1 Å². The number of hydrogen-bond donors (Lipinski definition) is 0. The molecule has 218 valence electrons. The summed E-state index contributed by atoms with van der Waals surface area (Å²) in [6.07, 6.45) is 1.94. The van der Waals surface area contributed by atoms with Gasteiger partial charge in [0.25, 0.3) is 0 Å². The Hall–Kier alpha value is -6.04. The molecule has 0 amide bonds. The van der Waals surface area contributed by atoms with Gasteiger partial charge < -0.3 is 0 Å². The number of nitrogens with zero attached hydrogens (tertiary/aromatic N) is 4. The van der Waals surface area contributed by atoms with Crippen LogP contribution >= 0.6 is 11.3 Å². The van der Waals surface area contributed by atoms with E-state index in [1.807, 2.05) is 17.5 Å². The highest BCUT2D eigenvalue weighted by Gasteiger charge is 2.20. The minimum Gasteiger partial charge on any atom is -0.293 e. The van der Waals surface area contributed by atoms with Crippen molar-refractivity contribution < 1.29 is 0 Å². The van der Waals surface area contributed by atoms with Gasteiger partial charge in [0, 0.05) is 42.0 Å². The van der Waals surface area contributed by atoms with Gasteiger partial charge in [0.1, 0.15) is 5.52 Å². The van der Waals surface area contributed by atoms with E-state index >= 15 is 0 Å². The number of aromatic nitrogens is 4.